The third kappa shape index (κ3) is 2.81. The molecule has 1 aliphatic rings. The monoisotopic (exact) mass is 374 g/mol. The molecule has 4 rings (SSSR count). The molecule has 0 bridgehead atoms. The third-order valence-corrected chi connectivity index (χ3v) is 5.68. The fourth-order valence-electron chi connectivity index (χ4n) is 2.82. The minimum Gasteiger partial charge on any atom is -0.485 e. The number of fused-ring (bicyclic) bond motifs is 2. The van der Waals surface area contributed by atoms with Gasteiger partial charge in [-0.25, -0.2) is 0 Å². The summed E-state index contributed by atoms with van der Waals surface area (Å²) < 4.78 is 14.1. The summed E-state index contributed by atoms with van der Waals surface area (Å²) in [4.78, 5) is 17.4. The van der Waals surface area contributed by atoms with Gasteiger partial charge >= 0.3 is 0 Å². The Kier molecular flexibility index (Phi) is 4.01. The molecule has 2 aromatic carbocycles. The van der Waals surface area contributed by atoms with Crippen molar-refractivity contribution in [1.82, 2.24) is 4.57 Å². The number of amides is 1. The molecule has 0 unspecified atom stereocenters. The van der Waals surface area contributed by atoms with Crippen LogP contribution in [0.2, 0.25) is 5.02 Å². The lowest BCUT2D eigenvalue weighted by molar-refractivity contribution is -0.127. The molecule has 3 aromatic rings. The van der Waals surface area contributed by atoms with Crippen LogP contribution < -0.4 is 14.3 Å². The molecule has 0 N–H and O–H groups in total. The molecule has 0 spiro atoms. The van der Waals surface area contributed by atoms with E-state index in [-0.39, 0.29) is 12.5 Å². The maximum Gasteiger partial charge on any atom is 0.292 e. The van der Waals surface area contributed by atoms with E-state index < -0.39 is 6.10 Å². The summed E-state index contributed by atoms with van der Waals surface area (Å²) in [5.74, 6) is 0.828. The van der Waals surface area contributed by atoms with Crippen LogP contribution in [0.15, 0.2) is 41.4 Å². The van der Waals surface area contributed by atoms with Crippen molar-refractivity contribution < 1.29 is 14.3 Å². The van der Waals surface area contributed by atoms with E-state index in [4.69, 9.17) is 21.1 Å². The summed E-state index contributed by atoms with van der Waals surface area (Å²) in [5.41, 5.74) is 2.06. The summed E-state index contributed by atoms with van der Waals surface area (Å²) in [5, 5.41) is 0.654. The first-order chi connectivity index (χ1) is 12.0. The minimum absolute atomic E-state index is 0.147. The Morgan fingerprint density at radius 1 is 1.28 bits per heavy atom. The summed E-state index contributed by atoms with van der Waals surface area (Å²) in [6.07, 6.45) is -0.753. The second-order valence-electron chi connectivity index (χ2n) is 5.80. The van der Waals surface area contributed by atoms with Gasteiger partial charge in [0.05, 0.1) is 15.2 Å². The number of benzene rings is 2. The number of rotatable bonds is 1. The first-order valence-electron chi connectivity index (χ1n) is 7.76. The summed E-state index contributed by atoms with van der Waals surface area (Å²) >= 11 is 7.67. The summed E-state index contributed by atoms with van der Waals surface area (Å²) in [6.45, 7) is 2.15. The molecule has 7 heteroatoms. The highest BCUT2D eigenvalue weighted by molar-refractivity contribution is 7.17. The molecular weight excluding hydrogens is 360 g/mol. The van der Waals surface area contributed by atoms with Gasteiger partial charge in [-0.05, 0) is 30.7 Å². The largest absolute Gasteiger partial charge is 0.485 e. The van der Waals surface area contributed by atoms with Gasteiger partial charge in [0.2, 0.25) is 6.10 Å². The van der Waals surface area contributed by atoms with E-state index in [1.807, 2.05) is 48.9 Å². The highest BCUT2D eigenvalue weighted by Crippen LogP contribution is 2.31. The van der Waals surface area contributed by atoms with Crippen LogP contribution in [0.3, 0.4) is 0 Å². The standard InChI is InChI=1S/C18H15ClN2O3S/c1-10-7-8-11(19)16-15(10)21(2)18(25-16)20-17(22)14-9-23-12-5-3-4-6-13(12)24-14/h3-8,14H,9H2,1-2H3/t14-/m0/s1. The van der Waals surface area contributed by atoms with Gasteiger partial charge in [0.25, 0.3) is 5.91 Å². The molecule has 0 radical (unpaired) electrons. The van der Waals surface area contributed by atoms with Gasteiger partial charge in [0.15, 0.2) is 16.3 Å². The van der Waals surface area contributed by atoms with Crippen LogP contribution in [-0.2, 0) is 11.8 Å². The van der Waals surface area contributed by atoms with E-state index in [0.717, 1.165) is 15.8 Å². The van der Waals surface area contributed by atoms with E-state index in [2.05, 4.69) is 4.99 Å². The highest BCUT2D eigenvalue weighted by atomic mass is 35.5. The van der Waals surface area contributed by atoms with Crippen LogP contribution in [0.5, 0.6) is 11.5 Å². The average molecular weight is 375 g/mol. The zero-order chi connectivity index (χ0) is 17.6. The number of thiazole rings is 1. The predicted octanol–water partition coefficient (Wildman–Crippen LogP) is 3.47. The topological polar surface area (TPSA) is 52.8 Å². The van der Waals surface area contributed by atoms with E-state index in [1.54, 1.807) is 6.07 Å². The smallest absolute Gasteiger partial charge is 0.292 e. The van der Waals surface area contributed by atoms with Crippen molar-refractivity contribution in [2.24, 2.45) is 12.0 Å². The van der Waals surface area contributed by atoms with Gasteiger partial charge in [-0.1, -0.05) is 41.1 Å². The predicted molar refractivity (Wildman–Crippen MR) is 97.5 cm³/mol. The lowest BCUT2D eigenvalue weighted by Crippen LogP contribution is -2.36. The number of hydrogen-bond donors (Lipinski definition) is 0. The Labute approximate surface area is 153 Å². The third-order valence-electron chi connectivity index (χ3n) is 4.09. The van der Waals surface area contributed by atoms with E-state index in [1.165, 1.54) is 11.3 Å². The van der Waals surface area contributed by atoms with E-state index in [0.29, 0.717) is 21.3 Å². The van der Waals surface area contributed by atoms with Crippen LogP contribution in [-0.4, -0.2) is 23.2 Å². The van der Waals surface area contributed by atoms with Crippen molar-refractivity contribution >= 4 is 39.1 Å². The molecule has 0 aliphatic carbocycles. The molecule has 128 valence electrons. The fourth-order valence-corrected chi connectivity index (χ4v) is 4.19. The first kappa shape index (κ1) is 16.2. The number of aryl methyl sites for hydroxylation is 2. The SMILES string of the molecule is Cc1ccc(Cl)c2sc(=NC(=O)[C@@H]3COc4ccccc4O3)n(C)c12. The molecule has 1 amide bonds. The number of carbonyl (C=O) groups is 1. The van der Waals surface area contributed by atoms with Gasteiger partial charge in [-0.15, -0.1) is 0 Å². The van der Waals surface area contributed by atoms with Gasteiger partial charge < -0.3 is 14.0 Å². The number of carbonyl (C=O) groups excluding carboxylic acids is 1. The van der Waals surface area contributed by atoms with Crippen LogP contribution >= 0.6 is 22.9 Å². The zero-order valence-electron chi connectivity index (χ0n) is 13.7. The normalized spacial score (nSPS) is 17.1. The Balaban J connectivity index is 1.71. The number of aromatic nitrogens is 1. The molecule has 1 aromatic heterocycles. The van der Waals surface area contributed by atoms with Crippen molar-refractivity contribution in [2.45, 2.75) is 13.0 Å². The average Bonchev–Trinajstić information content (AvgIpc) is 2.95. The number of nitrogens with zero attached hydrogens (tertiary/aromatic N) is 2. The lowest BCUT2D eigenvalue weighted by Gasteiger charge is -2.23. The van der Waals surface area contributed by atoms with Crippen molar-refractivity contribution in [3.63, 3.8) is 0 Å². The number of para-hydroxylation sites is 2. The van der Waals surface area contributed by atoms with Crippen LogP contribution in [0.25, 0.3) is 10.2 Å². The Morgan fingerprint density at radius 2 is 2.04 bits per heavy atom. The maximum absolute atomic E-state index is 12.6. The Bertz CT molecular complexity index is 1050. The zero-order valence-corrected chi connectivity index (χ0v) is 15.2. The Morgan fingerprint density at radius 3 is 2.80 bits per heavy atom. The molecule has 1 aliphatic heterocycles. The molecule has 0 saturated carbocycles. The molecule has 1 atom stereocenters. The van der Waals surface area contributed by atoms with Gasteiger partial charge in [0, 0.05) is 7.05 Å². The fraction of sp³-hybridized carbons (Fsp3) is 0.222. The molecule has 5 nitrogen and oxygen atoms in total. The van der Waals surface area contributed by atoms with Gasteiger partial charge in [0.1, 0.15) is 6.61 Å². The van der Waals surface area contributed by atoms with Crippen molar-refractivity contribution in [2.75, 3.05) is 6.61 Å². The molecule has 2 heterocycles. The van der Waals surface area contributed by atoms with Crippen LogP contribution in [0.4, 0.5) is 0 Å². The molecule has 0 saturated heterocycles. The maximum atomic E-state index is 12.6. The highest BCUT2D eigenvalue weighted by Gasteiger charge is 2.27. The van der Waals surface area contributed by atoms with E-state index >= 15 is 0 Å². The molecular formula is C18H15ClN2O3S. The second-order valence-corrected chi connectivity index (χ2v) is 7.18. The van der Waals surface area contributed by atoms with Crippen molar-refractivity contribution in [1.29, 1.82) is 0 Å². The van der Waals surface area contributed by atoms with Gasteiger partial charge in [-0.2, -0.15) is 4.99 Å². The number of ether oxygens (including phenoxy) is 2. The summed E-state index contributed by atoms with van der Waals surface area (Å²) in [7, 11) is 1.88. The minimum atomic E-state index is -0.753. The molecule has 0 fully saturated rings. The van der Waals surface area contributed by atoms with Crippen LogP contribution in [0.1, 0.15) is 5.56 Å². The summed E-state index contributed by atoms with van der Waals surface area (Å²) in [6, 6.07) is 11.1. The number of hydrogen-bond acceptors (Lipinski definition) is 4. The van der Waals surface area contributed by atoms with E-state index in [9.17, 15) is 4.79 Å². The quantitative estimate of drug-likeness (QED) is 0.655. The Hall–Kier alpha value is -2.31. The van der Waals surface area contributed by atoms with Crippen LogP contribution in [0, 0.1) is 6.92 Å². The van der Waals surface area contributed by atoms with Crippen molar-refractivity contribution in [3.05, 3.63) is 51.8 Å². The van der Waals surface area contributed by atoms with Gasteiger partial charge in [-0.3, -0.25) is 4.79 Å². The first-order valence-corrected chi connectivity index (χ1v) is 8.96. The van der Waals surface area contributed by atoms with Crippen molar-refractivity contribution in [3.8, 4) is 11.5 Å². The second kappa shape index (κ2) is 6.20. The lowest BCUT2D eigenvalue weighted by atomic mass is 10.2. The molecule has 25 heavy (non-hydrogen) atoms. The number of halogens is 1.